The molecule has 1 aliphatic carbocycles. The van der Waals surface area contributed by atoms with Crippen LogP contribution in [0.4, 0.5) is 5.69 Å². The van der Waals surface area contributed by atoms with Gasteiger partial charge in [0.2, 0.25) is 17.7 Å². The quantitative estimate of drug-likeness (QED) is 0.244. The van der Waals surface area contributed by atoms with Crippen molar-refractivity contribution in [2.75, 3.05) is 25.5 Å². The number of imide groups is 1. The van der Waals surface area contributed by atoms with Gasteiger partial charge in [-0.2, -0.15) is 0 Å². The molecule has 1 fully saturated rings. The molecule has 35 heavy (non-hydrogen) atoms. The molecule has 2 unspecified atom stereocenters. The average molecular weight is 486 g/mol. The topological polar surface area (TPSA) is 148 Å². The van der Waals surface area contributed by atoms with E-state index in [1.54, 1.807) is 18.2 Å². The van der Waals surface area contributed by atoms with Gasteiger partial charge in [0.25, 0.3) is 0 Å². The summed E-state index contributed by atoms with van der Waals surface area (Å²) in [6.07, 6.45) is 3.92. The van der Waals surface area contributed by atoms with E-state index in [0.29, 0.717) is 18.7 Å². The fraction of sp³-hybridized carbons (Fsp3) is 0.520. The van der Waals surface area contributed by atoms with Gasteiger partial charge >= 0.3 is 5.97 Å². The Kier molecular flexibility index (Phi) is 9.11. The molecule has 0 bridgehead atoms. The number of amides is 3. The third kappa shape index (κ3) is 6.74. The van der Waals surface area contributed by atoms with Crippen LogP contribution in [0.3, 0.4) is 0 Å². The number of methoxy groups -OCH3 is 1. The molecule has 3 rings (SSSR count). The molecular formula is C25H31N3O7. The molecule has 188 valence electrons. The standard InChI is InChI=1S/C25H31N3O7/c1-35-22(32)9-4-2-3-5-12-26-21(31)14-27-18-8-6-7-16-19(29)13-17(24(33)23(16)18)15-10-11-20(30)28-25(15)34/h6-8,15,17,27H,2-5,9-14H2,1H3,(H,26,31)(H,28,30,34). The maximum absolute atomic E-state index is 13.3. The number of rotatable bonds is 11. The highest BCUT2D eigenvalue weighted by Crippen LogP contribution is 2.36. The molecule has 2 aliphatic rings. The second-order valence-electron chi connectivity index (χ2n) is 8.83. The van der Waals surface area contributed by atoms with Crippen LogP contribution in [0, 0.1) is 11.8 Å². The summed E-state index contributed by atoms with van der Waals surface area (Å²) < 4.78 is 4.59. The van der Waals surface area contributed by atoms with E-state index in [1.807, 2.05) is 0 Å². The van der Waals surface area contributed by atoms with Gasteiger partial charge in [0.15, 0.2) is 11.6 Å². The molecule has 10 heteroatoms. The highest BCUT2D eigenvalue weighted by Gasteiger charge is 2.43. The molecule has 0 aromatic heterocycles. The number of hydrogen-bond acceptors (Lipinski definition) is 8. The Balaban J connectivity index is 1.53. The van der Waals surface area contributed by atoms with E-state index >= 15 is 0 Å². The van der Waals surface area contributed by atoms with E-state index in [4.69, 9.17) is 0 Å². The molecule has 0 saturated carbocycles. The summed E-state index contributed by atoms with van der Waals surface area (Å²) in [5.74, 6) is -3.52. The van der Waals surface area contributed by atoms with E-state index in [2.05, 4.69) is 20.7 Å². The van der Waals surface area contributed by atoms with Crippen LogP contribution in [-0.2, 0) is 23.9 Å². The lowest BCUT2D eigenvalue weighted by molar-refractivity contribution is -0.141. The Morgan fingerprint density at radius 2 is 1.83 bits per heavy atom. The van der Waals surface area contributed by atoms with Crippen LogP contribution in [0.5, 0.6) is 0 Å². The zero-order chi connectivity index (χ0) is 25.4. The van der Waals surface area contributed by atoms with Crippen LogP contribution < -0.4 is 16.0 Å². The van der Waals surface area contributed by atoms with Crippen molar-refractivity contribution in [2.24, 2.45) is 11.8 Å². The Labute approximate surface area is 203 Å². The predicted molar refractivity (Wildman–Crippen MR) is 126 cm³/mol. The smallest absolute Gasteiger partial charge is 0.305 e. The number of benzene rings is 1. The van der Waals surface area contributed by atoms with Crippen molar-refractivity contribution in [2.45, 2.75) is 51.4 Å². The number of Topliss-reactive ketones (excluding diaryl/α,β-unsaturated/α-hetero) is 2. The number of fused-ring (bicyclic) bond motifs is 1. The van der Waals surface area contributed by atoms with Gasteiger partial charge in [0.05, 0.1) is 19.2 Å². The zero-order valence-corrected chi connectivity index (χ0v) is 19.8. The fourth-order valence-corrected chi connectivity index (χ4v) is 4.52. The second kappa shape index (κ2) is 12.2. The minimum atomic E-state index is -0.834. The number of esters is 1. The van der Waals surface area contributed by atoms with Crippen LogP contribution in [-0.4, -0.2) is 55.5 Å². The molecule has 1 aromatic rings. The summed E-state index contributed by atoms with van der Waals surface area (Å²) >= 11 is 0. The number of nitrogens with one attached hydrogen (secondary N) is 3. The van der Waals surface area contributed by atoms with Gasteiger partial charge in [-0.3, -0.25) is 34.1 Å². The number of carbonyl (C=O) groups is 6. The van der Waals surface area contributed by atoms with E-state index in [-0.39, 0.29) is 66.3 Å². The number of unbranched alkanes of at least 4 members (excludes halogenated alkanes) is 3. The van der Waals surface area contributed by atoms with Crippen LogP contribution in [0.15, 0.2) is 18.2 Å². The van der Waals surface area contributed by atoms with Crippen molar-refractivity contribution in [3.63, 3.8) is 0 Å². The van der Waals surface area contributed by atoms with Gasteiger partial charge < -0.3 is 15.4 Å². The third-order valence-corrected chi connectivity index (χ3v) is 6.42. The summed E-state index contributed by atoms with van der Waals surface area (Å²) in [6, 6.07) is 4.85. The first-order valence-corrected chi connectivity index (χ1v) is 11.9. The first kappa shape index (κ1) is 26.1. The molecule has 1 aliphatic heterocycles. The van der Waals surface area contributed by atoms with E-state index in [0.717, 1.165) is 25.7 Å². The summed E-state index contributed by atoms with van der Waals surface area (Å²) in [6.45, 7) is 0.407. The second-order valence-corrected chi connectivity index (χ2v) is 8.83. The van der Waals surface area contributed by atoms with Crippen LogP contribution >= 0.6 is 0 Å². The maximum atomic E-state index is 13.3. The minimum absolute atomic E-state index is 0.0800. The first-order valence-electron chi connectivity index (χ1n) is 11.9. The molecule has 3 N–H and O–H groups in total. The largest absolute Gasteiger partial charge is 0.469 e. The molecule has 1 heterocycles. The number of ketones is 2. The van der Waals surface area contributed by atoms with E-state index in [9.17, 15) is 28.8 Å². The predicted octanol–water partition coefficient (Wildman–Crippen LogP) is 1.78. The van der Waals surface area contributed by atoms with Gasteiger partial charge in [-0.1, -0.05) is 25.0 Å². The zero-order valence-electron chi connectivity index (χ0n) is 19.8. The van der Waals surface area contributed by atoms with Crippen molar-refractivity contribution in [3.8, 4) is 0 Å². The summed E-state index contributed by atoms with van der Waals surface area (Å²) in [4.78, 5) is 73.2. The Morgan fingerprint density at radius 1 is 1.06 bits per heavy atom. The molecule has 1 saturated heterocycles. The Bertz CT molecular complexity index is 1020. The molecular weight excluding hydrogens is 454 g/mol. The molecule has 0 spiro atoms. The van der Waals surface area contributed by atoms with Crippen LogP contribution in [0.25, 0.3) is 0 Å². The summed E-state index contributed by atoms with van der Waals surface area (Å²) in [7, 11) is 1.36. The lowest BCUT2D eigenvalue weighted by Gasteiger charge is -2.31. The SMILES string of the molecule is COC(=O)CCCCCCNC(=O)CNc1cccc2c1C(=O)C(C1CCC(=O)NC1=O)CC2=O. The fourth-order valence-electron chi connectivity index (χ4n) is 4.52. The number of piperidine rings is 1. The lowest BCUT2D eigenvalue weighted by atomic mass is 9.72. The first-order chi connectivity index (χ1) is 16.8. The summed E-state index contributed by atoms with van der Waals surface area (Å²) in [5.41, 5.74) is 0.837. The van der Waals surface area contributed by atoms with Crippen molar-refractivity contribution in [1.29, 1.82) is 0 Å². The van der Waals surface area contributed by atoms with Crippen LogP contribution in [0.1, 0.15) is 72.1 Å². The Hall–Kier alpha value is -3.56. The van der Waals surface area contributed by atoms with Crippen LogP contribution in [0.2, 0.25) is 0 Å². The normalized spacial score (nSPS) is 19.6. The van der Waals surface area contributed by atoms with Crippen molar-refractivity contribution >= 4 is 40.9 Å². The molecule has 3 amide bonds. The van der Waals surface area contributed by atoms with Gasteiger partial charge in [-0.15, -0.1) is 0 Å². The number of hydrogen-bond donors (Lipinski definition) is 3. The number of anilines is 1. The van der Waals surface area contributed by atoms with E-state index < -0.39 is 17.7 Å². The van der Waals surface area contributed by atoms with Crippen molar-refractivity contribution in [1.82, 2.24) is 10.6 Å². The molecule has 10 nitrogen and oxygen atoms in total. The van der Waals surface area contributed by atoms with Gasteiger partial charge in [-0.05, 0) is 25.3 Å². The maximum Gasteiger partial charge on any atom is 0.305 e. The summed E-state index contributed by atoms with van der Waals surface area (Å²) in [5, 5.41) is 8.01. The van der Waals surface area contributed by atoms with Gasteiger partial charge in [-0.25, -0.2) is 0 Å². The monoisotopic (exact) mass is 485 g/mol. The number of ether oxygens (including phenoxy) is 1. The van der Waals surface area contributed by atoms with Gasteiger partial charge in [0.1, 0.15) is 0 Å². The Morgan fingerprint density at radius 3 is 2.57 bits per heavy atom. The van der Waals surface area contributed by atoms with Crippen molar-refractivity contribution < 1.29 is 33.5 Å². The van der Waals surface area contributed by atoms with Crippen molar-refractivity contribution in [3.05, 3.63) is 29.3 Å². The lowest BCUT2D eigenvalue weighted by Crippen LogP contribution is -2.47. The van der Waals surface area contributed by atoms with Gasteiger partial charge in [0, 0.05) is 48.9 Å². The highest BCUT2D eigenvalue weighted by atomic mass is 16.5. The van der Waals surface area contributed by atoms with E-state index in [1.165, 1.54) is 7.11 Å². The third-order valence-electron chi connectivity index (χ3n) is 6.42. The molecule has 2 atom stereocenters. The number of carbonyl (C=O) groups excluding carboxylic acids is 6. The average Bonchev–Trinajstić information content (AvgIpc) is 2.84. The molecule has 1 aromatic carbocycles. The minimum Gasteiger partial charge on any atom is -0.469 e. The highest BCUT2D eigenvalue weighted by molar-refractivity contribution is 6.19. The molecule has 0 radical (unpaired) electrons.